The number of sulfone groups is 1. The minimum atomic E-state index is -4.61. The molecule has 15 heavy (non-hydrogen) atoms. The summed E-state index contributed by atoms with van der Waals surface area (Å²) in [5, 5.41) is -0.781. The molecule has 0 aliphatic heterocycles. The minimum Gasteiger partial charge on any atom is -0.276 e. The van der Waals surface area contributed by atoms with Gasteiger partial charge in [0.1, 0.15) is 0 Å². The van der Waals surface area contributed by atoms with Crippen LogP contribution in [0.4, 0.5) is 8.78 Å². The quantitative estimate of drug-likeness (QED) is 0.776. The predicted octanol–water partition coefficient (Wildman–Crippen LogP) is 2.06. The first-order chi connectivity index (χ1) is 6.85. The topological polar surface area (TPSA) is 51.2 Å². The van der Waals surface area contributed by atoms with Crippen LogP contribution in [-0.2, 0) is 9.84 Å². The molecular weight excluding hydrogens is 250 g/mol. The van der Waals surface area contributed by atoms with Crippen LogP contribution in [-0.4, -0.2) is 19.4 Å². The average molecular weight is 255 g/mol. The third-order valence-corrected chi connectivity index (χ3v) is 3.26. The first-order valence-electron chi connectivity index (χ1n) is 3.67. The summed E-state index contributed by atoms with van der Waals surface area (Å²) in [4.78, 5) is 10.1. The summed E-state index contributed by atoms with van der Waals surface area (Å²) in [6, 6.07) is 3.98. The van der Waals surface area contributed by atoms with Crippen LogP contribution in [0.1, 0.15) is 10.4 Å². The van der Waals surface area contributed by atoms with Crippen molar-refractivity contribution < 1.29 is 22.0 Å². The van der Waals surface area contributed by atoms with E-state index in [1.165, 1.54) is 0 Å². The molecule has 1 aromatic carbocycles. The van der Waals surface area contributed by atoms with E-state index in [9.17, 15) is 22.0 Å². The van der Waals surface area contributed by atoms with Crippen molar-refractivity contribution in [1.82, 2.24) is 0 Å². The molecule has 3 nitrogen and oxygen atoms in total. The van der Waals surface area contributed by atoms with Gasteiger partial charge in [-0.1, -0.05) is 0 Å². The van der Waals surface area contributed by atoms with Gasteiger partial charge in [0, 0.05) is 5.56 Å². The van der Waals surface area contributed by atoms with E-state index in [0.29, 0.717) is 0 Å². The fourth-order valence-electron chi connectivity index (χ4n) is 0.879. The summed E-state index contributed by atoms with van der Waals surface area (Å²) in [6.45, 7) is 0. The number of carbonyl (C=O) groups excluding carboxylic acids is 1. The Bertz CT molecular complexity index is 467. The van der Waals surface area contributed by atoms with Crippen LogP contribution in [0, 0.1) is 0 Å². The second-order valence-corrected chi connectivity index (χ2v) is 4.86. The Morgan fingerprint density at radius 3 is 2.00 bits per heavy atom. The highest BCUT2D eigenvalue weighted by Crippen LogP contribution is 2.18. The molecule has 0 aromatic heterocycles. The maximum absolute atomic E-state index is 12.1. The number of hydrogen-bond acceptors (Lipinski definition) is 3. The summed E-state index contributed by atoms with van der Waals surface area (Å²) >= 11 is 5.10. The Kier molecular flexibility index (Phi) is 3.41. The highest BCUT2D eigenvalue weighted by atomic mass is 35.5. The minimum absolute atomic E-state index is 0.0462. The van der Waals surface area contributed by atoms with Crippen LogP contribution in [0.25, 0.3) is 0 Å². The van der Waals surface area contributed by atoms with Crippen LogP contribution in [0.2, 0.25) is 0 Å². The number of carbonyl (C=O) groups is 1. The normalized spacial score (nSPS) is 11.7. The number of halogens is 3. The molecule has 7 heteroatoms. The number of benzene rings is 1. The number of alkyl halides is 2. The van der Waals surface area contributed by atoms with E-state index >= 15 is 0 Å². The molecule has 0 bridgehead atoms. The van der Waals surface area contributed by atoms with Gasteiger partial charge >= 0.3 is 5.76 Å². The lowest BCUT2D eigenvalue weighted by atomic mass is 10.2. The first kappa shape index (κ1) is 12.1. The van der Waals surface area contributed by atoms with E-state index in [1.54, 1.807) is 0 Å². The van der Waals surface area contributed by atoms with Gasteiger partial charge in [0.25, 0.3) is 5.24 Å². The van der Waals surface area contributed by atoms with Crippen molar-refractivity contribution in [3.63, 3.8) is 0 Å². The maximum atomic E-state index is 12.1. The summed E-state index contributed by atoms with van der Waals surface area (Å²) in [7, 11) is -4.61. The molecule has 0 spiro atoms. The van der Waals surface area contributed by atoms with Crippen molar-refractivity contribution in [2.45, 2.75) is 10.7 Å². The van der Waals surface area contributed by atoms with Gasteiger partial charge in [-0.25, -0.2) is 8.42 Å². The summed E-state index contributed by atoms with van der Waals surface area (Å²) in [6.07, 6.45) is 0. The van der Waals surface area contributed by atoms with E-state index in [0.717, 1.165) is 24.3 Å². The molecule has 0 fully saturated rings. The Morgan fingerprint density at radius 2 is 1.67 bits per heavy atom. The van der Waals surface area contributed by atoms with Gasteiger partial charge in [0.2, 0.25) is 9.84 Å². The highest BCUT2D eigenvalue weighted by molar-refractivity contribution is 7.91. The molecule has 0 saturated carbocycles. The molecule has 0 amide bonds. The molecule has 0 atom stereocenters. The fourth-order valence-corrected chi connectivity index (χ4v) is 1.73. The fraction of sp³-hybridized carbons (Fsp3) is 0.125. The molecule has 0 aliphatic rings. The smallest absolute Gasteiger partial charge is 0.276 e. The summed E-state index contributed by atoms with van der Waals surface area (Å²) in [5.74, 6) is -3.48. The van der Waals surface area contributed by atoms with Gasteiger partial charge in [-0.3, -0.25) is 4.79 Å². The Balaban J connectivity index is 3.15. The highest BCUT2D eigenvalue weighted by Gasteiger charge is 2.26. The number of rotatable bonds is 3. The Labute approximate surface area is 89.6 Å². The Morgan fingerprint density at radius 1 is 1.20 bits per heavy atom. The van der Waals surface area contributed by atoms with Gasteiger partial charge in [0.15, 0.2) is 0 Å². The van der Waals surface area contributed by atoms with Crippen molar-refractivity contribution in [3.05, 3.63) is 29.8 Å². The van der Waals surface area contributed by atoms with E-state index in [4.69, 9.17) is 11.6 Å². The zero-order valence-corrected chi connectivity index (χ0v) is 8.73. The molecule has 1 aromatic rings. The van der Waals surface area contributed by atoms with Gasteiger partial charge in [-0.05, 0) is 35.9 Å². The molecule has 0 aliphatic carbocycles. The first-order valence-corrected chi connectivity index (χ1v) is 5.60. The van der Waals surface area contributed by atoms with Crippen molar-refractivity contribution in [1.29, 1.82) is 0 Å². The van der Waals surface area contributed by atoms with E-state index in [2.05, 4.69) is 0 Å². The molecule has 0 heterocycles. The molecule has 1 rings (SSSR count). The molecule has 0 unspecified atom stereocenters. The Hall–Kier alpha value is -1.01. The average Bonchev–Trinajstić information content (AvgIpc) is 2.17. The zero-order valence-electron chi connectivity index (χ0n) is 7.15. The molecular formula is C8H5ClF2O3S. The number of hydrogen-bond donors (Lipinski definition) is 0. The molecule has 0 radical (unpaired) electrons. The van der Waals surface area contributed by atoms with E-state index < -0.39 is 25.7 Å². The maximum Gasteiger partial charge on any atom is 0.341 e. The standard InChI is InChI=1S/C8H5ClF2O3S/c9-7(12)5-1-3-6(4-2-5)15(13,14)8(10)11/h1-4,8H. The van der Waals surface area contributed by atoms with Gasteiger partial charge in [0.05, 0.1) is 4.90 Å². The van der Waals surface area contributed by atoms with Crippen LogP contribution in [0.15, 0.2) is 29.2 Å². The lowest BCUT2D eigenvalue weighted by molar-refractivity contribution is 0.108. The van der Waals surface area contributed by atoms with Crippen molar-refractivity contribution >= 4 is 26.7 Å². The lowest BCUT2D eigenvalue weighted by Gasteiger charge is -2.02. The molecule has 82 valence electrons. The largest absolute Gasteiger partial charge is 0.341 e. The van der Waals surface area contributed by atoms with E-state index in [1.807, 2.05) is 0 Å². The second kappa shape index (κ2) is 4.24. The van der Waals surface area contributed by atoms with Gasteiger partial charge < -0.3 is 0 Å². The van der Waals surface area contributed by atoms with Gasteiger partial charge in [-0.15, -0.1) is 0 Å². The summed E-state index contributed by atoms with van der Waals surface area (Å²) < 4.78 is 46.0. The lowest BCUT2D eigenvalue weighted by Crippen LogP contribution is -2.11. The molecule has 0 saturated heterocycles. The van der Waals surface area contributed by atoms with Crippen molar-refractivity contribution in [2.24, 2.45) is 0 Å². The SMILES string of the molecule is O=C(Cl)c1ccc(S(=O)(=O)C(F)F)cc1. The van der Waals surface area contributed by atoms with Crippen LogP contribution >= 0.6 is 11.6 Å². The monoisotopic (exact) mass is 254 g/mol. The second-order valence-electron chi connectivity index (χ2n) is 2.60. The molecule has 0 N–H and O–H groups in total. The van der Waals surface area contributed by atoms with Crippen LogP contribution in [0.3, 0.4) is 0 Å². The van der Waals surface area contributed by atoms with Crippen molar-refractivity contribution in [2.75, 3.05) is 0 Å². The van der Waals surface area contributed by atoms with Crippen molar-refractivity contribution in [3.8, 4) is 0 Å². The predicted molar refractivity (Wildman–Crippen MR) is 49.8 cm³/mol. The summed E-state index contributed by atoms with van der Waals surface area (Å²) in [5.41, 5.74) is 0.0462. The van der Waals surface area contributed by atoms with E-state index in [-0.39, 0.29) is 5.56 Å². The van der Waals surface area contributed by atoms with Crippen LogP contribution < -0.4 is 0 Å². The van der Waals surface area contributed by atoms with Gasteiger partial charge in [-0.2, -0.15) is 8.78 Å². The third kappa shape index (κ3) is 2.51. The zero-order chi connectivity index (χ0) is 11.6. The van der Waals surface area contributed by atoms with Crippen LogP contribution in [0.5, 0.6) is 0 Å². The third-order valence-electron chi connectivity index (χ3n) is 1.64.